The molecule has 1 aliphatic carbocycles. The van der Waals surface area contributed by atoms with Gasteiger partial charge in [-0.15, -0.1) is 0 Å². The molecule has 2 aliphatic rings. The number of hydrogen-bond donors (Lipinski definition) is 0. The Morgan fingerprint density at radius 3 is 2.88 bits per heavy atom. The Balaban J connectivity index is 2.07. The van der Waals surface area contributed by atoms with Crippen LogP contribution in [-0.4, -0.2) is 18.0 Å². The lowest BCUT2D eigenvalue weighted by atomic mass is 10.2. The summed E-state index contributed by atoms with van der Waals surface area (Å²) in [7, 11) is 1.57. The summed E-state index contributed by atoms with van der Waals surface area (Å²) >= 11 is 0. The summed E-state index contributed by atoms with van der Waals surface area (Å²) in [6, 6.07) is 3.67. The van der Waals surface area contributed by atoms with Crippen LogP contribution in [0.25, 0.3) is 0 Å². The number of carbonyl (C=O) groups is 1. The zero-order valence-electron chi connectivity index (χ0n) is 8.80. The molecule has 2 heterocycles. The van der Waals surface area contributed by atoms with Crippen LogP contribution in [-0.2, 0) is 11.2 Å². The van der Waals surface area contributed by atoms with Gasteiger partial charge in [-0.1, -0.05) is 6.08 Å². The molecular weight excluding hydrogens is 204 g/mol. The molecule has 0 N–H and O–H groups in total. The Labute approximate surface area is 92.8 Å². The van der Waals surface area contributed by atoms with E-state index in [1.807, 2.05) is 24.3 Å². The van der Waals surface area contributed by atoms with Crippen LogP contribution in [0.1, 0.15) is 5.56 Å². The first kappa shape index (κ1) is 9.15. The van der Waals surface area contributed by atoms with E-state index in [1.165, 1.54) is 0 Å². The minimum atomic E-state index is 0.0614. The predicted octanol–water partition coefficient (Wildman–Crippen LogP) is 1.43. The van der Waals surface area contributed by atoms with Crippen molar-refractivity contribution in [1.82, 2.24) is 4.98 Å². The largest absolute Gasteiger partial charge is 0.481 e. The van der Waals surface area contributed by atoms with E-state index in [2.05, 4.69) is 4.98 Å². The summed E-state index contributed by atoms with van der Waals surface area (Å²) in [6.45, 7) is 0. The van der Waals surface area contributed by atoms with E-state index in [1.54, 1.807) is 18.1 Å². The lowest BCUT2D eigenvalue weighted by molar-refractivity contribution is -0.116. The summed E-state index contributed by atoms with van der Waals surface area (Å²) in [5, 5.41) is 0. The van der Waals surface area contributed by atoms with Gasteiger partial charge in [0.25, 0.3) is 0 Å². The average molecular weight is 214 g/mol. The Morgan fingerprint density at radius 1 is 1.44 bits per heavy atom. The highest BCUT2D eigenvalue weighted by Gasteiger charge is 2.31. The highest BCUT2D eigenvalue weighted by Crippen LogP contribution is 2.33. The number of allylic oxidation sites excluding steroid dienone is 3. The zero-order chi connectivity index (χ0) is 11.1. The van der Waals surface area contributed by atoms with Gasteiger partial charge in [0.05, 0.1) is 19.2 Å². The van der Waals surface area contributed by atoms with E-state index in [-0.39, 0.29) is 5.91 Å². The first-order valence-corrected chi connectivity index (χ1v) is 5.05. The number of anilines is 1. The third kappa shape index (κ3) is 1.16. The van der Waals surface area contributed by atoms with Crippen molar-refractivity contribution in [2.45, 2.75) is 6.42 Å². The molecule has 0 spiro atoms. The molecule has 0 fully saturated rings. The zero-order valence-corrected chi connectivity index (χ0v) is 8.80. The molecule has 0 bridgehead atoms. The Morgan fingerprint density at radius 2 is 2.25 bits per heavy atom. The van der Waals surface area contributed by atoms with E-state index in [4.69, 9.17) is 4.74 Å². The lowest BCUT2D eigenvalue weighted by Crippen LogP contribution is -2.27. The van der Waals surface area contributed by atoms with Gasteiger partial charge < -0.3 is 4.74 Å². The molecule has 80 valence electrons. The highest BCUT2D eigenvalue weighted by molar-refractivity contribution is 6.03. The molecule has 3 rings (SSSR count). The maximum atomic E-state index is 11.8. The smallest absolute Gasteiger partial charge is 0.237 e. The first-order chi connectivity index (χ1) is 7.79. The number of pyridine rings is 1. The maximum Gasteiger partial charge on any atom is 0.237 e. The number of nitrogens with zero attached hydrogens (tertiary/aromatic N) is 2. The monoisotopic (exact) mass is 214 g/mol. The van der Waals surface area contributed by atoms with Crippen LogP contribution in [0.2, 0.25) is 0 Å². The second-order valence-corrected chi connectivity index (χ2v) is 3.69. The minimum Gasteiger partial charge on any atom is -0.481 e. The Kier molecular flexibility index (Phi) is 1.83. The number of hydrogen-bond acceptors (Lipinski definition) is 3. The van der Waals surface area contributed by atoms with Crippen molar-refractivity contribution in [1.29, 1.82) is 0 Å². The first-order valence-electron chi connectivity index (χ1n) is 5.05. The topological polar surface area (TPSA) is 42.4 Å². The number of aromatic nitrogens is 1. The van der Waals surface area contributed by atoms with Gasteiger partial charge in [0.2, 0.25) is 11.8 Å². The summed E-state index contributed by atoms with van der Waals surface area (Å²) in [5.41, 5.74) is 1.84. The van der Waals surface area contributed by atoms with Crippen molar-refractivity contribution >= 4 is 11.7 Å². The van der Waals surface area contributed by atoms with E-state index in [0.717, 1.165) is 11.3 Å². The molecule has 16 heavy (non-hydrogen) atoms. The maximum absolute atomic E-state index is 11.8. The number of ether oxygens (including phenoxy) is 1. The van der Waals surface area contributed by atoms with E-state index < -0.39 is 0 Å². The molecular formula is C12H10N2O2. The van der Waals surface area contributed by atoms with Crippen LogP contribution < -0.4 is 9.64 Å². The van der Waals surface area contributed by atoms with Gasteiger partial charge in [0.1, 0.15) is 5.82 Å². The SMILES string of the molecule is COc1ccc2c(n1)N(C1=CC=C1)C(=O)C2. The highest BCUT2D eigenvalue weighted by atomic mass is 16.5. The van der Waals surface area contributed by atoms with Crippen LogP contribution >= 0.6 is 0 Å². The Bertz CT molecular complexity index is 532. The van der Waals surface area contributed by atoms with Crippen molar-refractivity contribution in [2.75, 3.05) is 12.0 Å². The standard InChI is InChI=1S/C12H10N2O2/c1-16-10-6-5-8-7-11(15)14(12(8)13-10)9-3-2-4-9/h2-6H,7H2,1H3. The third-order valence-electron chi connectivity index (χ3n) is 2.73. The average Bonchev–Trinajstić information content (AvgIpc) is 2.53. The predicted molar refractivity (Wildman–Crippen MR) is 59.2 cm³/mol. The molecule has 0 radical (unpaired) electrons. The second-order valence-electron chi connectivity index (χ2n) is 3.69. The van der Waals surface area contributed by atoms with Crippen molar-refractivity contribution in [3.63, 3.8) is 0 Å². The normalized spacial score (nSPS) is 16.9. The van der Waals surface area contributed by atoms with Gasteiger partial charge >= 0.3 is 0 Å². The summed E-state index contributed by atoms with van der Waals surface area (Å²) in [4.78, 5) is 17.8. The Hall–Kier alpha value is -2.10. The molecule has 0 unspecified atom stereocenters. The van der Waals surface area contributed by atoms with Crippen LogP contribution in [0.3, 0.4) is 0 Å². The molecule has 0 saturated heterocycles. The van der Waals surface area contributed by atoms with E-state index >= 15 is 0 Å². The fourth-order valence-corrected chi connectivity index (χ4v) is 1.86. The third-order valence-corrected chi connectivity index (χ3v) is 2.73. The van der Waals surface area contributed by atoms with Crippen molar-refractivity contribution in [3.8, 4) is 5.88 Å². The van der Waals surface area contributed by atoms with Gasteiger partial charge in [-0.05, 0) is 18.2 Å². The van der Waals surface area contributed by atoms with Crippen LogP contribution in [0, 0.1) is 0 Å². The molecule has 1 aromatic heterocycles. The van der Waals surface area contributed by atoms with Crippen molar-refractivity contribution in [3.05, 3.63) is 41.6 Å². The molecule has 1 aliphatic heterocycles. The number of carbonyl (C=O) groups excluding carboxylic acids is 1. The minimum absolute atomic E-state index is 0.0614. The number of fused-ring (bicyclic) bond motifs is 1. The van der Waals surface area contributed by atoms with Gasteiger partial charge in [0, 0.05) is 11.6 Å². The fraction of sp³-hybridized carbons (Fsp3) is 0.167. The number of amides is 1. The van der Waals surface area contributed by atoms with Crippen molar-refractivity contribution < 1.29 is 9.53 Å². The van der Waals surface area contributed by atoms with Crippen LogP contribution in [0.5, 0.6) is 5.88 Å². The van der Waals surface area contributed by atoms with E-state index in [9.17, 15) is 4.79 Å². The van der Waals surface area contributed by atoms with Crippen molar-refractivity contribution in [2.24, 2.45) is 0 Å². The van der Waals surface area contributed by atoms with Gasteiger partial charge in [0.15, 0.2) is 0 Å². The summed E-state index contributed by atoms with van der Waals surface area (Å²) in [6.07, 6.45) is 6.11. The van der Waals surface area contributed by atoms with Gasteiger partial charge in [-0.3, -0.25) is 9.69 Å². The van der Waals surface area contributed by atoms with Gasteiger partial charge in [-0.25, -0.2) is 0 Å². The summed E-state index contributed by atoms with van der Waals surface area (Å²) < 4.78 is 5.07. The second kappa shape index (κ2) is 3.20. The van der Waals surface area contributed by atoms with E-state index in [0.29, 0.717) is 18.1 Å². The quantitative estimate of drug-likeness (QED) is 0.748. The molecule has 4 nitrogen and oxygen atoms in total. The lowest BCUT2D eigenvalue weighted by Gasteiger charge is -2.20. The number of rotatable bonds is 2. The molecule has 4 heteroatoms. The fourth-order valence-electron chi connectivity index (χ4n) is 1.86. The molecule has 0 atom stereocenters. The molecule has 0 saturated carbocycles. The number of methoxy groups -OCH3 is 1. The van der Waals surface area contributed by atoms with Gasteiger partial charge in [-0.2, -0.15) is 4.98 Å². The molecule has 1 amide bonds. The summed E-state index contributed by atoms with van der Waals surface area (Å²) in [5.74, 6) is 1.29. The molecule has 1 aromatic rings. The molecule has 0 aromatic carbocycles. The van der Waals surface area contributed by atoms with Crippen LogP contribution in [0.4, 0.5) is 5.82 Å². The van der Waals surface area contributed by atoms with Crippen LogP contribution in [0.15, 0.2) is 36.1 Å².